The molecule has 0 aliphatic heterocycles. The monoisotopic (exact) mass is 287 g/mol. The number of nitrogens with zero attached hydrogens (tertiary/aromatic N) is 2. The van der Waals surface area contributed by atoms with E-state index in [0.717, 1.165) is 15.9 Å². The van der Waals surface area contributed by atoms with Gasteiger partial charge in [-0.1, -0.05) is 28.1 Å². The predicted octanol–water partition coefficient (Wildman–Crippen LogP) is 3.33. The lowest BCUT2D eigenvalue weighted by Crippen LogP contribution is -2.00. The number of anilines is 1. The first-order valence-electron chi connectivity index (χ1n) is 5.12. The molecule has 1 aromatic heterocycles. The second-order valence-electron chi connectivity index (χ2n) is 3.52. The highest BCUT2D eigenvalue weighted by atomic mass is 79.9. The highest BCUT2D eigenvalue weighted by Gasteiger charge is 1.96. The highest BCUT2D eigenvalue weighted by molar-refractivity contribution is 9.10. The average Bonchev–Trinajstić information content (AvgIpc) is 2.37. The van der Waals surface area contributed by atoms with Gasteiger partial charge in [-0.15, -0.1) is 0 Å². The Balaban J connectivity index is 2.00. The van der Waals surface area contributed by atoms with Gasteiger partial charge in [0.15, 0.2) is 0 Å². The van der Waals surface area contributed by atoms with Crippen molar-refractivity contribution in [1.29, 1.82) is 5.26 Å². The largest absolute Gasteiger partial charge is 0.366 e. The Hall–Kier alpha value is -1.86. The number of hydrogen-bond donors (Lipinski definition) is 1. The van der Waals surface area contributed by atoms with E-state index >= 15 is 0 Å². The molecule has 0 unspecified atom stereocenters. The summed E-state index contributed by atoms with van der Waals surface area (Å²) in [6, 6.07) is 13.4. The lowest BCUT2D eigenvalue weighted by atomic mass is 10.1. The van der Waals surface area contributed by atoms with Crippen molar-refractivity contribution < 1.29 is 0 Å². The predicted molar refractivity (Wildman–Crippen MR) is 70.4 cm³/mol. The lowest BCUT2D eigenvalue weighted by Gasteiger charge is -2.05. The number of benzene rings is 1. The normalized spacial score (nSPS) is 9.65. The molecule has 1 aromatic carbocycles. The molecule has 0 spiro atoms. The van der Waals surface area contributed by atoms with Crippen LogP contribution in [-0.2, 0) is 6.54 Å². The number of pyridine rings is 1. The Labute approximate surface area is 108 Å². The van der Waals surface area contributed by atoms with E-state index < -0.39 is 0 Å². The number of nitrogens with one attached hydrogen (secondary N) is 1. The molecule has 2 aromatic rings. The molecular formula is C13H10BrN3. The first-order valence-corrected chi connectivity index (χ1v) is 5.92. The van der Waals surface area contributed by atoms with Crippen molar-refractivity contribution in [3.05, 3.63) is 58.2 Å². The quantitative estimate of drug-likeness (QED) is 0.942. The minimum absolute atomic E-state index is 0.675. The molecule has 0 saturated carbocycles. The van der Waals surface area contributed by atoms with E-state index in [0.29, 0.717) is 12.1 Å². The third-order valence-corrected chi connectivity index (χ3v) is 2.77. The smallest absolute Gasteiger partial charge is 0.127 e. The van der Waals surface area contributed by atoms with Gasteiger partial charge in [0.25, 0.3) is 0 Å². The second-order valence-corrected chi connectivity index (χ2v) is 4.44. The molecule has 0 aliphatic carbocycles. The van der Waals surface area contributed by atoms with Crippen LogP contribution >= 0.6 is 15.9 Å². The fourth-order valence-electron chi connectivity index (χ4n) is 1.39. The van der Waals surface area contributed by atoms with Crippen LogP contribution in [0, 0.1) is 11.3 Å². The van der Waals surface area contributed by atoms with Crippen LogP contribution in [0.25, 0.3) is 0 Å². The maximum absolute atomic E-state index is 8.69. The Bertz CT molecular complexity index is 543. The van der Waals surface area contributed by atoms with Crippen molar-refractivity contribution in [3.63, 3.8) is 0 Å². The number of aromatic nitrogens is 1. The molecule has 0 atom stereocenters. The Morgan fingerprint density at radius 1 is 1.24 bits per heavy atom. The van der Waals surface area contributed by atoms with Gasteiger partial charge in [-0.3, -0.25) is 0 Å². The third kappa shape index (κ3) is 3.30. The Morgan fingerprint density at radius 2 is 2.00 bits per heavy atom. The van der Waals surface area contributed by atoms with Gasteiger partial charge in [0.1, 0.15) is 5.82 Å². The van der Waals surface area contributed by atoms with Crippen molar-refractivity contribution in [3.8, 4) is 6.07 Å². The third-order valence-electron chi connectivity index (χ3n) is 2.28. The Morgan fingerprint density at radius 3 is 2.65 bits per heavy atom. The van der Waals surface area contributed by atoms with Crippen molar-refractivity contribution in [2.45, 2.75) is 6.54 Å². The van der Waals surface area contributed by atoms with Crippen LogP contribution in [0.1, 0.15) is 11.1 Å². The van der Waals surface area contributed by atoms with E-state index in [1.165, 1.54) is 0 Å². The zero-order valence-corrected chi connectivity index (χ0v) is 10.6. The number of halogens is 1. The van der Waals surface area contributed by atoms with E-state index in [1.54, 1.807) is 6.20 Å². The SMILES string of the molecule is N#Cc1ccc(CNc2cc(Br)ccn2)cc1. The summed E-state index contributed by atoms with van der Waals surface area (Å²) in [5.74, 6) is 0.823. The molecule has 0 aliphatic rings. The van der Waals surface area contributed by atoms with Gasteiger partial charge in [-0.05, 0) is 29.8 Å². The zero-order chi connectivity index (χ0) is 12.1. The highest BCUT2D eigenvalue weighted by Crippen LogP contribution is 2.13. The van der Waals surface area contributed by atoms with E-state index in [9.17, 15) is 0 Å². The molecule has 1 N–H and O–H groups in total. The summed E-state index contributed by atoms with van der Waals surface area (Å²) in [6.07, 6.45) is 1.74. The molecule has 4 heteroatoms. The summed E-state index contributed by atoms with van der Waals surface area (Å²) in [5.41, 5.74) is 1.79. The molecule has 0 saturated heterocycles. The van der Waals surface area contributed by atoms with Crippen LogP contribution < -0.4 is 5.32 Å². The van der Waals surface area contributed by atoms with Crippen LogP contribution in [0.15, 0.2) is 47.1 Å². The van der Waals surface area contributed by atoms with Gasteiger partial charge in [0.2, 0.25) is 0 Å². The molecule has 17 heavy (non-hydrogen) atoms. The van der Waals surface area contributed by atoms with Crippen LogP contribution in [-0.4, -0.2) is 4.98 Å². The fraction of sp³-hybridized carbons (Fsp3) is 0.0769. The summed E-state index contributed by atoms with van der Waals surface area (Å²) in [5, 5.41) is 11.9. The minimum Gasteiger partial charge on any atom is -0.366 e. The van der Waals surface area contributed by atoms with Crippen molar-refractivity contribution >= 4 is 21.7 Å². The summed E-state index contributed by atoms with van der Waals surface area (Å²) >= 11 is 3.39. The van der Waals surface area contributed by atoms with Crippen molar-refractivity contribution in [1.82, 2.24) is 4.98 Å². The van der Waals surface area contributed by atoms with Crippen LogP contribution in [0.2, 0.25) is 0 Å². The van der Waals surface area contributed by atoms with Crippen LogP contribution in [0.4, 0.5) is 5.82 Å². The summed E-state index contributed by atoms with van der Waals surface area (Å²) < 4.78 is 0.995. The molecule has 0 fully saturated rings. The topological polar surface area (TPSA) is 48.7 Å². The number of hydrogen-bond acceptors (Lipinski definition) is 3. The first-order chi connectivity index (χ1) is 8.28. The Kier molecular flexibility index (Phi) is 3.73. The molecule has 84 valence electrons. The van der Waals surface area contributed by atoms with Gasteiger partial charge in [0.05, 0.1) is 11.6 Å². The standard InChI is InChI=1S/C13H10BrN3/c14-12-5-6-16-13(7-12)17-9-11-3-1-10(8-15)2-4-11/h1-7H,9H2,(H,16,17). The molecular weight excluding hydrogens is 278 g/mol. The molecule has 1 heterocycles. The molecule has 0 bridgehead atoms. The van der Waals surface area contributed by atoms with Crippen molar-refractivity contribution in [2.75, 3.05) is 5.32 Å². The minimum atomic E-state index is 0.675. The molecule has 0 radical (unpaired) electrons. The molecule has 2 rings (SSSR count). The average molecular weight is 288 g/mol. The fourth-order valence-corrected chi connectivity index (χ4v) is 1.73. The van der Waals surface area contributed by atoms with E-state index in [2.05, 4.69) is 32.3 Å². The van der Waals surface area contributed by atoms with Gasteiger partial charge in [-0.25, -0.2) is 4.98 Å². The second kappa shape index (κ2) is 5.46. The number of nitriles is 1. The maximum atomic E-state index is 8.69. The van der Waals surface area contributed by atoms with Gasteiger partial charge in [-0.2, -0.15) is 5.26 Å². The van der Waals surface area contributed by atoms with Crippen LogP contribution in [0.3, 0.4) is 0 Å². The summed E-state index contributed by atoms with van der Waals surface area (Å²) in [7, 11) is 0. The van der Waals surface area contributed by atoms with Crippen LogP contribution in [0.5, 0.6) is 0 Å². The molecule has 3 nitrogen and oxygen atoms in total. The van der Waals surface area contributed by atoms with Gasteiger partial charge >= 0.3 is 0 Å². The zero-order valence-electron chi connectivity index (χ0n) is 9.02. The lowest BCUT2D eigenvalue weighted by molar-refractivity contribution is 1.11. The van der Waals surface area contributed by atoms with Gasteiger partial charge < -0.3 is 5.32 Å². The first kappa shape index (κ1) is 11.6. The number of rotatable bonds is 3. The van der Waals surface area contributed by atoms with E-state index in [-0.39, 0.29) is 0 Å². The molecule has 0 amide bonds. The summed E-state index contributed by atoms with van der Waals surface area (Å²) in [6.45, 7) is 0.690. The maximum Gasteiger partial charge on any atom is 0.127 e. The summed E-state index contributed by atoms with van der Waals surface area (Å²) in [4.78, 5) is 4.19. The van der Waals surface area contributed by atoms with Crippen molar-refractivity contribution in [2.24, 2.45) is 0 Å². The van der Waals surface area contributed by atoms with E-state index in [4.69, 9.17) is 5.26 Å². The van der Waals surface area contributed by atoms with E-state index in [1.807, 2.05) is 36.4 Å². The van der Waals surface area contributed by atoms with Gasteiger partial charge in [0, 0.05) is 17.2 Å².